The monoisotopic (exact) mass is 393 g/mol. The Balaban J connectivity index is 0.000000568. The van der Waals surface area contributed by atoms with Gasteiger partial charge in [0.05, 0.1) is 6.61 Å². The lowest BCUT2D eigenvalue weighted by molar-refractivity contribution is -0.159. The smallest absolute Gasteiger partial charge is 0.414 e. The number of carbonyl (C=O) groups is 2. The third kappa shape index (κ3) is 9.74. The number of benzene rings is 1. The maximum atomic E-state index is 9.10. The Morgan fingerprint density at radius 1 is 1.18 bits per heavy atom. The molecule has 6 heteroatoms. The number of carboxylic acids is 2. The van der Waals surface area contributed by atoms with E-state index in [-0.39, 0.29) is 0 Å². The minimum Gasteiger partial charge on any atom is -0.494 e. The van der Waals surface area contributed by atoms with Crippen molar-refractivity contribution in [1.29, 1.82) is 0 Å². The van der Waals surface area contributed by atoms with E-state index in [4.69, 9.17) is 24.5 Å². The molecule has 0 saturated carbocycles. The number of nitrogens with zero attached hydrogens (tertiary/aromatic N) is 1. The van der Waals surface area contributed by atoms with Crippen LogP contribution in [0.25, 0.3) is 0 Å². The highest BCUT2D eigenvalue weighted by molar-refractivity contribution is 6.27. The van der Waals surface area contributed by atoms with Crippen LogP contribution in [0, 0.1) is 12.8 Å². The summed E-state index contributed by atoms with van der Waals surface area (Å²) in [7, 11) is 0. The Morgan fingerprint density at radius 2 is 1.86 bits per heavy atom. The first-order valence-corrected chi connectivity index (χ1v) is 10.1. The lowest BCUT2D eigenvalue weighted by Crippen LogP contribution is -2.35. The number of hydrogen-bond donors (Lipinski definition) is 2. The molecule has 2 rings (SSSR count). The molecule has 0 aromatic heterocycles. The minimum absolute atomic E-state index is 0.559. The molecule has 158 valence electrons. The fourth-order valence-corrected chi connectivity index (χ4v) is 3.31. The van der Waals surface area contributed by atoms with Crippen LogP contribution < -0.4 is 4.74 Å². The van der Waals surface area contributed by atoms with Crippen molar-refractivity contribution in [2.45, 2.75) is 59.3 Å². The number of piperidine rings is 1. The predicted molar refractivity (Wildman–Crippen MR) is 110 cm³/mol. The van der Waals surface area contributed by atoms with Crippen LogP contribution in [-0.4, -0.2) is 53.3 Å². The van der Waals surface area contributed by atoms with Crippen LogP contribution in [0.5, 0.6) is 5.75 Å². The van der Waals surface area contributed by atoms with Crippen LogP contribution in [0.3, 0.4) is 0 Å². The zero-order valence-electron chi connectivity index (χ0n) is 17.6. The van der Waals surface area contributed by atoms with Gasteiger partial charge in [-0.05, 0) is 80.8 Å². The maximum absolute atomic E-state index is 9.10. The van der Waals surface area contributed by atoms with E-state index in [2.05, 4.69) is 50.8 Å². The highest BCUT2D eigenvalue weighted by Crippen LogP contribution is 2.23. The number of hydrogen-bond acceptors (Lipinski definition) is 4. The standard InChI is InChI=1S/C20H33NO.C2H2O4/c1-16(2)19-12-18(4)13-20(14-19)22-11-6-5-9-21-10-7-8-17(3)15-21;3-1(4)2(5)6/h12-14,16-17H,5-11,15H2,1-4H3;(H,3,4)(H,5,6). The molecule has 1 aromatic rings. The van der Waals surface area contributed by atoms with E-state index < -0.39 is 11.9 Å². The molecule has 1 aliphatic heterocycles. The Labute approximate surface area is 168 Å². The van der Waals surface area contributed by atoms with Gasteiger partial charge in [0.2, 0.25) is 0 Å². The van der Waals surface area contributed by atoms with Gasteiger partial charge in [0.15, 0.2) is 0 Å². The van der Waals surface area contributed by atoms with Gasteiger partial charge in [-0.3, -0.25) is 0 Å². The molecule has 0 bridgehead atoms. The van der Waals surface area contributed by atoms with Crippen molar-refractivity contribution in [3.63, 3.8) is 0 Å². The SMILES string of the molecule is Cc1cc(OCCCCN2CCCC(C)C2)cc(C(C)C)c1.O=C(O)C(=O)O. The van der Waals surface area contributed by atoms with E-state index in [9.17, 15) is 0 Å². The second kappa shape index (κ2) is 12.4. The third-order valence-electron chi connectivity index (χ3n) is 4.80. The molecular formula is C22H35NO5. The van der Waals surface area contributed by atoms with E-state index in [0.717, 1.165) is 24.7 Å². The molecule has 1 atom stereocenters. The van der Waals surface area contributed by atoms with Gasteiger partial charge < -0.3 is 19.8 Å². The largest absolute Gasteiger partial charge is 0.494 e. The van der Waals surface area contributed by atoms with Crippen LogP contribution in [-0.2, 0) is 9.59 Å². The van der Waals surface area contributed by atoms with Gasteiger partial charge >= 0.3 is 11.9 Å². The summed E-state index contributed by atoms with van der Waals surface area (Å²) in [5, 5.41) is 14.8. The fourth-order valence-electron chi connectivity index (χ4n) is 3.31. The van der Waals surface area contributed by atoms with Gasteiger partial charge in [0.25, 0.3) is 0 Å². The zero-order valence-corrected chi connectivity index (χ0v) is 17.6. The lowest BCUT2D eigenvalue weighted by atomic mass is 10.0. The number of unbranched alkanes of at least 4 members (excludes halogenated alkanes) is 1. The average molecular weight is 394 g/mol. The van der Waals surface area contributed by atoms with Crippen molar-refractivity contribution < 1.29 is 24.5 Å². The number of carboxylic acid groups (broad SMARTS) is 2. The van der Waals surface area contributed by atoms with Crippen molar-refractivity contribution >= 4 is 11.9 Å². The molecule has 0 spiro atoms. The average Bonchev–Trinajstić information content (AvgIpc) is 2.61. The first kappa shape index (κ1) is 24.0. The summed E-state index contributed by atoms with van der Waals surface area (Å²) < 4.78 is 5.97. The van der Waals surface area contributed by atoms with Crippen molar-refractivity contribution in [1.82, 2.24) is 4.90 Å². The summed E-state index contributed by atoms with van der Waals surface area (Å²) in [6, 6.07) is 6.61. The quantitative estimate of drug-likeness (QED) is 0.534. The van der Waals surface area contributed by atoms with Gasteiger partial charge in [-0.2, -0.15) is 0 Å². The zero-order chi connectivity index (χ0) is 21.1. The summed E-state index contributed by atoms with van der Waals surface area (Å²) in [4.78, 5) is 20.8. The Kier molecular flexibility index (Phi) is 10.6. The lowest BCUT2D eigenvalue weighted by Gasteiger charge is -2.30. The highest BCUT2D eigenvalue weighted by Gasteiger charge is 2.15. The van der Waals surface area contributed by atoms with Crippen LogP contribution in [0.2, 0.25) is 0 Å². The summed E-state index contributed by atoms with van der Waals surface area (Å²) in [6.07, 6.45) is 5.18. The maximum Gasteiger partial charge on any atom is 0.414 e. The van der Waals surface area contributed by atoms with Crippen LogP contribution >= 0.6 is 0 Å². The van der Waals surface area contributed by atoms with E-state index in [0.29, 0.717) is 5.92 Å². The van der Waals surface area contributed by atoms with Crippen LogP contribution in [0.4, 0.5) is 0 Å². The molecule has 0 amide bonds. The minimum atomic E-state index is -1.82. The number of ether oxygens (including phenoxy) is 1. The molecule has 2 N–H and O–H groups in total. The van der Waals surface area contributed by atoms with Gasteiger partial charge in [-0.15, -0.1) is 0 Å². The first-order valence-electron chi connectivity index (χ1n) is 10.1. The molecule has 1 heterocycles. The number of likely N-dealkylation sites (tertiary alicyclic amines) is 1. The van der Waals surface area contributed by atoms with Gasteiger partial charge in [0, 0.05) is 6.54 Å². The predicted octanol–water partition coefficient (Wildman–Crippen LogP) is 4.16. The molecule has 1 unspecified atom stereocenters. The van der Waals surface area contributed by atoms with E-state index in [1.807, 2.05) is 0 Å². The van der Waals surface area contributed by atoms with Crippen molar-refractivity contribution in [2.75, 3.05) is 26.2 Å². The summed E-state index contributed by atoms with van der Waals surface area (Å²) in [6.45, 7) is 13.6. The molecule has 1 aromatic carbocycles. The number of rotatable bonds is 7. The molecule has 0 aliphatic carbocycles. The fraction of sp³-hybridized carbons (Fsp3) is 0.636. The van der Waals surface area contributed by atoms with E-state index >= 15 is 0 Å². The molecular weight excluding hydrogens is 358 g/mol. The molecule has 6 nitrogen and oxygen atoms in total. The number of aryl methyl sites for hydroxylation is 1. The molecule has 1 aliphatic rings. The van der Waals surface area contributed by atoms with Crippen LogP contribution in [0.1, 0.15) is 63.5 Å². The van der Waals surface area contributed by atoms with E-state index in [1.165, 1.54) is 50.0 Å². The van der Waals surface area contributed by atoms with Crippen molar-refractivity contribution in [3.8, 4) is 5.75 Å². The third-order valence-corrected chi connectivity index (χ3v) is 4.80. The normalized spacial score (nSPS) is 17.0. The Morgan fingerprint density at radius 3 is 2.43 bits per heavy atom. The first-order chi connectivity index (χ1) is 13.2. The molecule has 1 saturated heterocycles. The summed E-state index contributed by atoms with van der Waals surface area (Å²) >= 11 is 0. The highest BCUT2D eigenvalue weighted by atomic mass is 16.5. The topological polar surface area (TPSA) is 87.1 Å². The van der Waals surface area contributed by atoms with Gasteiger partial charge in [-0.1, -0.05) is 26.8 Å². The summed E-state index contributed by atoms with van der Waals surface area (Å²) in [5.74, 6) is -1.17. The Bertz CT molecular complexity index is 617. The van der Waals surface area contributed by atoms with Crippen LogP contribution in [0.15, 0.2) is 18.2 Å². The second-order valence-corrected chi connectivity index (χ2v) is 7.95. The van der Waals surface area contributed by atoms with Gasteiger partial charge in [-0.25, -0.2) is 9.59 Å². The van der Waals surface area contributed by atoms with Crippen molar-refractivity contribution in [2.24, 2.45) is 5.92 Å². The van der Waals surface area contributed by atoms with E-state index in [1.54, 1.807) is 0 Å². The Hall–Kier alpha value is -2.08. The summed E-state index contributed by atoms with van der Waals surface area (Å²) in [5.41, 5.74) is 2.67. The second-order valence-electron chi connectivity index (χ2n) is 7.95. The molecule has 1 fully saturated rings. The number of aliphatic carboxylic acids is 2. The van der Waals surface area contributed by atoms with Gasteiger partial charge in [0.1, 0.15) is 5.75 Å². The molecule has 28 heavy (non-hydrogen) atoms. The van der Waals surface area contributed by atoms with Crippen molar-refractivity contribution in [3.05, 3.63) is 29.3 Å². The molecule has 0 radical (unpaired) electrons.